The number of halogens is 1. The Bertz CT molecular complexity index is 536. The number of carboxylic acid groups (broad SMARTS) is 1. The first-order chi connectivity index (χ1) is 8.59. The Morgan fingerprint density at radius 1 is 1.22 bits per heavy atom. The SMILES string of the molecule is CC(C(=O)O)C(c1ccccc1)c1ccc(Br)s1. The largest absolute Gasteiger partial charge is 0.481 e. The van der Waals surface area contributed by atoms with Gasteiger partial charge in [0.1, 0.15) is 0 Å². The van der Waals surface area contributed by atoms with Crippen LogP contribution in [0.15, 0.2) is 46.3 Å². The molecule has 1 N–H and O–H groups in total. The van der Waals surface area contributed by atoms with Crippen LogP contribution in [0.3, 0.4) is 0 Å². The summed E-state index contributed by atoms with van der Waals surface area (Å²) in [6.07, 6.45) is 0. The van der Waals surface area contributed by atoms with E-state index in [0.717, 1.165) is 14.2 Å². The Kier molecular flexibility index (Phi) is 4.19. The summed E-state index contributed by atoms with van der Waals surface area (Å²) in [5.74, 6) is -1.31. The maximum atomic E-state index is 11.3. The summed E-state index contributed by atoms with van der Waals surface area (Å²) in [6.45, 7) is 1.76. The molecule has 2 unspecified atom stereocenters. The average molecular weight is 325 g/mol. The highest BCUT2D eigenvalue weighted by Crippen LogP contribution is 2.37. The van der Waals surface area contributed by atoms with E-state index in [-0.39, 0.29) is 5.92 Å². The van der Waals surface area contributed by atoms with Gasteiger partial charge in [-0.3, -0.25) is 4.79 Å². The first-order valence-corrected chi connectivity index (χ1v) is 7.23. The van der Waals surface area contributed by atoms with Gasteiger partial charge in [-0.25, -0.2) is 0 Å². The van der Waals surface area contributed by atoms with Crippen LogP contribution >= 0.6 is 27.3 Å². The first-order valence-electron chi connectivity index (χ1n) is 5.62. The smallest absolute Gasteiger partial charge is 0.307 e. The van der Waals surface area contributed by atoms with Crippen molar-refractivity contribution in [2.24, 2.45) is 5.92 Å². The number of hydrogen-bond donors (Lipinski definition) is 1. The van der Waals surface area contributed by atoms with Crippen molar-refractivity contribution in [3.8, 4) is 0 Å². The fourth-order valence-corrected chi connectivity index (χ4v) is 3.66. The van der Waals surface area contributed by atoms with Gasteiger partial charge in [0.2, 0.25) is 0 Å². The Morgan fingerprint density at radius 3 is 2.39 bits per heavy atom. The molecule has 0 fully saturated rings. The number of hydrogen-bond acceptors (Lipinski definition) is 2. The van der Waals surface area contributed by atoms with E-state index in [2.05, 4.69) is 15.9 Å². The quantitative estimate of drug-likeness (QED) is 0.907. The van der Waals surface area contributed by atoms with Crippen molar-refractivity contribution in [2.45, 2.75) is 12.8 Å². The topological polar surface area (TPSA) is 37.3 Å². The van der Waals surface area contributed by atoms with Gasteiger partial charge in [-0.05, 0) is 33.6 Å². The van der Waals surface area contributed by atoms with Crippen LogP contribution < -0.4 is 0 Å². The molecule has 2 aromatic rings. The van der Waals surface area contributed by atoms with Crippen LogP contribution in [0.2, 0.25) is 0 Å². The number of rotatable bonds is 4. The Morgan fingerprint density at radius 2 is 1.89 bits per heavy atom. The third kappa shape index (κ3) is 2.82. The third-order valence-electron chi connectivity index (χ3n) is 2.95. The van der Waals surface area contributed by atoms with E-state index in [0.29, 0.717) is 0 Å². The van der Waals surface area contributed by atoms with Gasteiger partial charge < -0.3 is 5.11 Å². The van der Waals surface area contributed by atoms with Crippen LogP contribution in [-0.2, 0) is 4.79 Å². The van der Waals surface area contributed by atoms with Crippen LogP contribution in [0.4, 0.5) is 0 Å². The molecule has 18 heavy (non-hydrogen) atoms. The molecule has 0 aliphatic carbocycles. The molecule has 0 saturated heterocycles. The predicted molar refractivity (Wildman–Crippen MR) is 77.1 cm³/mol. The lowest BCUT2D eigenvalue weighted by molar-refractivity contribution is -0.141. The van der Waals surface area contributed by atoms with E-state index in [4.69, 9.17) is 0 Å². The van der Waals surface area contributed by atoms with Gasteiger partial charge in [-0.15, -0.1) is 11.3 Å². The number of aliphatic carboxylic acids is 1. The Labute approximate surface area is 118 Å². The molecular formula is C14H13BrO2S. The molecule has 0 aliphatic rings. The standard InChI is InChI=1S/C14H13BrO2S/c1-9(14(16)17)13(10-5-3-2-4-6-10)11-7-8-12(15)18-11/h2-9,13H,1H3,(H,16,17). The van der Waals surface area contributed by atoms with Gasteiger partial charge in [0, 0.05) is 10.8 Å². The maximum Gasteiger partial charge on any atom is 0.307 e. The molecule has 2 nitrogen and oxygen atoms in total. The van der Waals surface area contributed by atoms with Gasteiger partial charge in [0.15, 0.2) is 0 Å². The lowest BCUT2D eigenvalue weighted by Gasteiger charge is -2.20. The molecule has 1 heterocycles. The first kappa shape index (κ1) is 13.3. The normalized spacial score (nSPS) is 14.1. The molecule has 2 atom stereocenters. The zero-order valence-corrected chi connectivity index (χ0v) is 12.2. The van der Waals surface area contributed by atoms with Crippen molar-refractivity contribution in [1.29, 1.82) is 0 Å². The highest BCUT2D eigenvalue weighted by Gasteiger charge is 2.27. The third-order valence-corrected chi connectivity index (χ3v) is 4.66. The van der Waals surface area contributed by atoms with Crippen LogP contribution in [0.5, 0.6) is 0 Å². The molecule has 0 spiro atoms. The van der Waals surface area contributed by atoms with E-state index in [1.54, 1.807) is 18.3 Å². The number of carboxylic acids is 1. The Hall–Kier alpha value is -1.13. The summed E-state index contributed by atoms with van der Waals surface area (Å²) < 4.78 is 1.02. The molecule has 0 aliphatic heterocycles. The minimum Gasteiger partial charge on any atom is -0.481 e. The molecule has 0 amide bonds. The Balaban J connectivity index is 2.44. The lowest BCUT2D eigenvalue weighted by Crippen LogP contribution is -2.19. The molecule has 1 aromatic heterocycles. The molecule has 0 bridgehead atoms. The second kappa shape index (κ2) is 5.67. The van der Waals surface area contributed by atoms with E-state index in [1.165, 1.54) is 0 Å². The van der Waals surface area contributed by atoms with Crippen LogP contribution in [0.25, 0.3) is 0 Å². The van der Waals surface area contributed by atoms with Crippen molar-refractivity contribution in [3.05, 3.63) is 56.7 Å². The number of carbonyl (C=O) groups is 1. The second-order valence-electron chi connectivity index (χ2n) is 4.16. The maximum absolute atomic E-state index is 11.3. The van der Waals surface area contributed by atoms with Crippen molar-refractivity contribution < 1.29 is 9.90 Å². The van der Waals surface area contributed by atoms with Crippen molar-refractivity contribution in [2.75, 3.05) is 0 Å². The second-order valence-corrected chi connectivity index (χ2v) is 6.65. The van der Waals surface area contributed by atoms with E-state index in [9.17, 15) is 9.90 Å². The molecular weight excluding hydrogens is 312 g/mol. The number of thiophene rings is 1. The number of benzene rings is 1. The molecule has 0 radical (unpaired) electrons. The van der Waals surface area contributed by atoms with Gasteiger partial charge in [0.05, 0.1) is 9.70 Å². The fourth-order valence-electron chi connectivity index (χ4n) is 2.00. The van der Waals surface area contributed by atoms with Crippen molar-refractivity contribution in [3.63, 3.8) is 0 Å². The minimum absolute atomic E-state index is 0.0972. The van der Waals surface area contributed by atoms with E-state index >= 15 is 0 Å². The zero-order valence-electron chi connectivity index (χ0n) is 9.84. The zero-order chi connectivity index (χ0) is 13.1. The summed E-state index contributed by atoms with van der Waals surface area (Å²) in [7, 11) is 0. The van der Waals surface area contributed by atoms with Gasteiger partial charge in [0.25, 0.3) is 0 Å². The highest BCUT2D eigenvalue weighted by molar-refractivity contribution is 9.11. The monoisotopic (exact) mass is 324 g/mol. The summed E-state index contributed by atoms with van der Waals surface area (Å²) in [6, 6.07) is 13.8. The van der Waals surface area contributed by atoms with E-state index in [1.807, 2.05) is 42.5 Å². The molecule has 1 aromatic carbocycles. The fraction of sp³-hybridized carbons (Fsp3) is 0.214. The summed E-state index contributed by atoms with van der Waals surface area (Å²) in [4.78, 5) is 12.4. The van der Waals surface area contributed by atoms with E-state index < -0.39 is 11.9 Å². The predicted octanol–water partition coefficient (Wildman–Crippen LogP) is 4.36. The van der Waals surface area contributed by atoms with Gasteiger partial charge >= 0.3 is 5.97 Å². The van der Waals surface area contributed by atoms with Crippen LogP contribution in [-0.4, -0.2) is 11.1 Å². The molecule has 4 heteroatoms. The summed E-state index contributed by atoms with van der Waals surface area (Å²) in [5.41, 5.74) is 1.04. The van der Waals surface area contributed by atoms with Crippen molar-refractivity contribution >= 4 is 33.2 Å². The molecule has 2 rings (SSSR count). The minimum atomic E-state index is -0.770. The molecule has 0 saturated carbocycles. The highest BCUT2D eigenvalue weighted by atomic mass is 79.9. The van der Waals surface area contributed by atoms with Gasteiger partial charge in [-0.1, -0.05) is 37.3 Å². The summed E-state index contributed by atoms with van der Waals surface area (Å²) in [5, 5.41) is 9.27. The van der Waals surface area contributed by atoms with Crippen molar-refractivity contribution in [1.82, 2.24) is 0 Å². The van der Waals surface area contributed by atoms with Crippen LogP contribution in [0, 0.1) is 5.92 Å². The average Bonchev–Trinajstić information content (AvgIpc) is 2.77. The molecule has 94 valence electrons. The van der Waals surface area contributed by atoms with Crippen LogP contribution in [0.1, 0.15) is 23.3 Å². The van der Waals surface area contributed by atoms with Gasteiger partial charge in [-0.2, -0.15) is 0 Å². The lowest BCUT2D eigenvalue weighted by atomic mass is 9.86. The summed E-state index contributed by atoms with van der Waals surface area (Å²) >= 11 is 5.02.